The molecule has 30 heavy (non-hydrogen) atoms. The Balaban J connectivity index is 1.53. The number of ether oxygens (including phenoxy) is 1. The quantitative estimate of drug-likeness (QED) is 0.635. The van der Waals surface area contributed by atoms with Gasteiger partial charge in [0.25, 0.3) is 0 Å². The molecule has 0 unspecified atom stereocenters. The van der Waals surface area contributed by atoms with Crippen LogP contribution in [0, 0.1) is 0 Å². The number of nitrogens with zero attached hydrogens (tertiary/aromatic N) is 4. The molecule has 0 atom stereocenters. The summed E-state index contributed by atoms with van der Waals surface area (Å²) in [5.41, 5.74) is 0.174. The van der Waals surface area contributed by atoms with Gasteiger partial charge in [-0.25, -0.2) is 9.97 Å². The number of halogens is 3. The maximum atomic E-state index is 12.7. The fourth-order valence-electron chi connectivity index (χ4n) is 3.26. The number of aromatic nitrogens is 2. The zero-order valence-corrected chi connectivity index (χ0v) is 17.8. The molecule has 1 aliphatic heterocycles. The summed E-state index contributed by atoms with van der Waals surface area (Å²) in [7, 11) is 0. The second-order valence-corrected chi connectivity index (χ2v) is 8.41. The van der Waals surface area contributed by atoms with Crippen LogP contribution in [0.4, 0.5) is 19.0 Å². The molecule has 0 saturated carbocycles. The summed E-state index contributed by atoms with van der Waals surface area (Å²) >= 11 is 1.45. The lowest BCUT2D eigenvalue weighted by molar-refractivity contribution is -0.146. The van der Waals surface area contributed by atoms with Gasteiger partial charge in [0.15, 0.2) is 0 Å². The Bertz CT molecular complexity index is 839. The lowest BCUT2D eigenvalue weighted by atomic mass is 10.2. The van der Waals surface area contributed by atoms with Crippen LogP contribution in [-0.4, -0.2) is 53.1 Å². The van der Waals surface area contributed by atoms with E-state index in [4.69, 9.17) is 4.74 Å². The van der Waals surface area contributed by atoms with Crippen molar-refractivity contribution in [2.75, 3.05) is 31.1 Å². The molecule has 2 aromatic rings. The van der Waals surface area contributed by atoms with Crippen LogP contribution < -0.4 is 4.90 Å². The first-order chi connectivity index (χ1) is 14.2. The van der Waals surface area contributed by atoms with Crippen molar-refractivity contribution in [1.82, 2.24) is 14.9 Å². The van der Waals surface area contributed by atoms with Gasteiger partial charge in [0, 0.05) is 44.3 Å². The molecule has 0 aromatic carbocycles. The Kier molecular flexibility index (Phi) is 7.30. The Morgan fingerprint density at radius 3 is 2.70 bits per heavy atom. The monoisotopic (exact) mass is 442 g/mol. The van der Waals surface area contributed by atoms with E-state index in [2.05, 4.69) is 14.9 Å². The standard InChI is InChI=1S/C20H25F3N4O2S/c1-14(2)29-19(28)10-18-25-16(13-30-18)12-26-6-3-7-27(9-8-26)17-5-4-15(11-24-17)20(21,22)23/h4-5,11,13-14H,3,6-10,12H2,1-2H3. The topological polar surface area (TPSA) is 58.6 Å². The second-order valence-electron chi connectivity index (χ2n) is 7.47. The van der Waals surface area contributed by atoms with Gasteiger partial charge in [0.05, 0.1) is 23.8 Å². The molecule has 0 amide bonds. The number of hydrogen-bond acceptors (Lipinski definition) is 7. The minimum atomic E-state index is -4.38. The minimum Gasteiger partial charge on any atom is -0.463 e. The van der Waals surface area contributed by atoms with E-state index in [1.54, 1.807) is 0 Å². The fraction of sp³-hybridized carbons (Fsp3) is 0.550. The van der Waals surface area contributed by atoms with Gasteiger partial charge in [-0.15, -0.1) is 11.3 Å². The van der Waals surface area contributed by atoms with Gasteiger partial charge in [-0.3, -0.25) is 9.69 Å². The van der Waals surface area contributed by atoms with Crippen LogP contribution in [-0.2, 0) is 28.7 Å². The number of rotatable bonds is 6. The summed E-state index contributed by atoms with van der Waals surface area (Å²) in [5.74, 6) is 0.282. The highest BCUT2D eigenvalue weighted by molar-refractivity contribution is 7.09. The summed E-state index contributed by atoms with van der Waals surface area (Å²) in [6.07, 6.45) is -2.58. The molecular formula is C20H25F3N4O2S. The largest absolute Gasteiger partial charge is 0.463 e. The third-order valence-corrected chi connectivity index (χ3v) is 5.53. The Labute approximate surface area is 177 Å². The molecule has 164 valence electrons. The van der Waals surface area contributed by atoms with Gasteiger partial charge in [-0.2, -0.15) is 13.2 Å². The van der Waals surface area contributed by atoms with Crippen molar-refractivity contribution < 1.29 is 22.7 Å². The van der Waals surface area contributed by atoms with Crippen molar-refractivity contribution in [3.05, 3.63) is 40.0 Å². The first-order valence-electron chi connectivity index (χ1n) is 9.84. The van der Waals surface area contributed by atoms with Crippen molar-refractivity contribution in [3.8, 4) is 0 Å². The molecule has 2 aromatic heterocycles. The molecule has 0 spiro atoms. The minimum absolute atomic E-state index is 0.142. The van der Waals surface area contributed by atoms with E-state index in [0.29, 0.717) is 18.9 Å². The Morgan fingerprint density at radius 2 is 2.03 bits per heavy atom. The molecular weight excluding hydrogens is 417 g/mol. The number of esters is 1. The molecule has 0 N–H and O–H groups in total. The van der Waals surface area contributed by atoms with E-state index in [9.17, 15) is 18.0 Å². The first kappa shape index (κ1) is 22.5. The van der Waals surface area contributed by atoms with Gasteiger partial charge >= 0.3 is 12.1 Å². The van der Waals surface area contributed by atoms with Crippen molar-refractivity contribution in [1.29, 1.82) is 0 Å². The van der Waals surface area contributed by atoms with Crippen LogP contribution >= 0.6 is 11.3 Å². The molecule has 0 bridgehead atoms. The van der Waals surface area contributed by atoms with Crippen LogP contribution in [0.15, 0.2) is 23.7 Å². The molecule has 6 nitrogen and oxygen atoms in total. The zero-order chi connectivity index (χ0) is 21.7. The normalized spacial score (nSPS) is 16.0. The molecule has 1 fully saturated rings. The SMILES string of the molecule is CC(C)OC(=O)Cc1nc(CN2CCCN(c3ccc(C(F)(F)F)cn3)CC2)cs1. The maximum absolute atomic E-state index is 12.7. The van der Waals surface area contributed by atoms with Gasteiger partial charge in [-0.05, 0) is 32.4 Å². The molecule has 1 aliphatic rings. The highest BCUT2D eigenvalue weighted by Crippen LogP contribution is 2.29. The number of carbonyl (C=O) groups is 1. The highest BCUT2D eigenvalue weighted by Gasteiger charge is 2.31. The van der Waals surface area contributed by atoms with Crippen molar-refractivity contribution in [2.45, 2.75) is 45.5 Å². The van der Waals surface area contributed by atoms with Crippen LogP contribution in [0.2, 0.25) is 0 Å². The van der Waals surface area contributed by atoms with Crippen LogP contribution in [0.25, 0.3) is 0 Å². The summed E-state index contributed by atoms with van der Waals surface area (Å²) < 4.78 is 43.3. The lowest BCUT2D eigenvalue weighted by Crippen LogP contribution is -2.31. The predicted molar refractivity (Wildman–Crippen MR) is 108 cm³/mol. The number of pyridine rings is 1. The van der Waals surface area contributed by atoms with Crippen LogP contribution in [0.5, 0.6) is 0 Å². The van der Waals surface area contributed by atoms with Gasteiger partial charge in [-0.1, -0.05) is 0 Å². The molecule has 1 saturated heterocycles. The van der Waals surface area contributed by atoms with Gasteiger partial charge in [0.2, 0.25) is 0 Å². The first-order valence-corrected chi connectivity index (χ1v) is 10.7. The zero-order valence-electron chi connectivity index (χ0n) is 17.0. The second kappa shape index (κ2) is 9.74. The van der Waals surface area contributed by atoms with E-state index >= 15 is 0 Å². The van der Waals surface area contributed by atoms with E-state index in [1.165, 1.54) is 17.4 Å². The van der Waals surface area contributed by atoms with Crippen molar-refractivity contribution in [2.24, 2.45) is 0 Å². The molecule has 10 heteroatoms. The van der Waals surface area contributed by atoms with Crippen LogP contribution in [0.3, 0.4) is 0 Å². The average Bonchev–Trinajstić information content (AvgIpc) is 2.95. The molecule has 0 aliphatic carbocycles. The highest BCUT2D eigenvalue weighted by atomic mass is 32.1. The predicted octanol–water partition coefficient (Wildman–Crippen LogP) is 3.76. The van der Waals surface area contributed by atoms with E-state index < -0.39 is 11.7 Å². The van der Waals surface area contributed by atoms with Crippen molar-refractivity contribution >= 4 is 23.1 Å². The molecule has 3 rings (SSSR count). The van der Waals surface area contributed by atoms with Crippen molar-refractivity contribution in [3.63, 3.8) is 0 Å². The summed E-state index contributed by atoms with van der Waals surface area (Å²) in [6, 6.07) is 2.51. The smallest absolute Gasteiger partial charge is 0.417 e. The lowest BCUT2D eigenvalue weighted by Gasteiger charge is -2.22. The Morgan fingerprint density at radius 1 is 1.23 bits per heavy atom. The number of hydrogen-bond donors (Lipinski definition) is 0. The molecule has 3 heterocycles. The van der Waals surface area contributed by atoms with E-state index in [-0.39, 0.29) is 18.5 Å². The summed E-state index contributed by atoms with van der Waals surface area (Å²) in [4.78, 5) is 24.6. The Hall–Kier alpha value is -2.20. The van der Waals surface area contributed by atoms with Gasteiger partial charge in [0.1, 0.15) is 10.8 Å². The summed E-state index contributed by atoms with van der Waals surface area (Å²) in [5, 5.41) is 2.69. The van der Waals surface area contributed by atoms with Crippen LogP contribution in [0.1, 0.15) is 36.5 Å². The van der Waals surface area contributed by atoms with E-state index in [1.807, 2.05) is 24.1 Å². The number of carbonyl (C=O) groups excluding carboxylic acids is 1. The number of anilines is 1. The summed E-state index contributed by atoms with van der Waals surface area (Å²) in [6.45, 7) is 7.32. The average molecular weight is 443 g/mol. The number of alkyl halides is 3. The van der Waals surface area contributed by atoms with E-state index in [0.717, 1.165) is 49.0 Å². The fourth-order valence-corrected chi connectivity index (χ4v) is 4.03. The number of thiazole rings is 1. The third-order valence-electron chi connectivity index (χ3n) is 4.64. The van der Waals surface area contributed by atoms with Gasteiger partial charge < -0.3 is 9.64 Å². The molecule has 0 radical (unpaired) electrons. The maximum Gasteiger partial charge on any atom is 0.417 e. The third kappa shape index (κ3) is 6.40.